The van der Waals surface area contributed by atoms with Crippen LogP contribution in [0.25, 0.3) is 0 Å². The molecule has 0 radical (unpaired) electrons. The fourth-order valence-corrected chi connectivity index (χ4v) is 2.38. The Bertz CT molecular complexity index is 220. The normalized spacial score (nSPS) is 21.3. The molecule has 0 aromatic rings. The molecule has 1 aliphatic heterocycles. The highest BCUT2D eigenvalue weighted by atomic mass is 16.2. The summed E-state index contributed by atoms with van der Waals surface area (Å²) in [4.78, 5) is 16.1. The van der Waals surface area contributed by atoms with Crippen LogP contribution >= 0.6 is 0 Å². The van der Waals surface area contributed by atoms with Crippen molar-refractivity contribution < 1.29 is 4.79 Å². The summed E-state index contributed by atoms with van der Waals surface area (Å²) in [5.74, 6) is 0.230. The minimum absolute atomic E-state index is 0.230. The summed E-state index contributed by atoms with van der Waals surface area (Å²) in [7, 11) is 1.91. The number of amides is 1. The molecule has 1 unspecified atom stereocenters. The first kappa shape index (κ1) is 13.5. The second-order valence-corrected chi connectivity index (χ2v) is 4.59. The van der Waals surface area contributed by atoms with Gasteiger partial charge in [-0.3, -0.25) is 9.69 Å². The number of nitrogens with two attached hydrogens (primary N) is 1. The Morgan fingerprint density at radius 2 is 2.31 bits per heavy atom. The molecule has 1 fully saturated rings. The summed E-state index contributed by atoms with van der Waals surface area (Å²) in [5.41, 5.74) is 5.41. The fourth-order valence-electron chi connectivity index (χ4n) is 2.38. The van der Waals surface area contributed by atoms with Crippen molar-refractivity contribution in [1.82, 2.24) is 9.80 Å². The van der Waals surface area contributed by atoms with Gasteiger partial charge in [-0.15, -0.1) is 0 Å². The third kappa shape index (κ3) is 3.76. The van der Waals surface area contributed by atoms with E-state index in [1.165, 1.54) is 19.4 Å². The number of likely N-dealkylation sites (tertiary alicyclic amines) is 1. The first-order valence-electron chi connectivity index (χ1n) is 6.37. The number of carbonyl (C=O) groups excluding carboxylic acids is 1. The second kappa shape index (κ2) is 6.86. The number of nitrogens with zero attached hydrogens (tertiary/aromatic N) is 2. The molecule has 0 aliphatic carbocycles. The van der Waals surface area contributed by atoms with E-state index in [1.807, 2.05) is 11.9 Å². The van der Waals surface area contributed by atoms with Gasteiger partial charge in [0.05, 0.1) is 0 Å². The Labute approximate surface area is 98.8 Å². The maximum absolute atomic E-state index is 11.7. The van der Waals surface area contributed by atoms with E-state index in [4.69, 9.17) is 5.73 Å². The molecule has 1 aliphatic rings. The summed E-state index contributed by atoms with van der Waals surface area (Å²) in [6.07, 6.45) is 3.88. The minimum atomic E-state index is 0.230. The SMILES string of the molecule is CCN1CCCC1CN(C)C(=O)CCCN. The van der Waals surface area contributed by atoms with Crippen LogP contribution in [0.2, 0.25) is 0 Å². The molecule has 0 spiro atoms. The number of likely N-dealkylation sites (N-methyl/N-ethyl adjacent to an activating group) is 2. The highest BCUT2D eigenvalue weighted by molar-refractivity contribution is 5.75. The van der Waals surface area contributed by atoms with E-state index in [0.717, 1.165) is 19.5 Å². The maximum atomic E-state index is 11.7. The van der Waals surface area contributed by atoms with Crippen LogP contribution < -0.4 is 5.73 Å². The van der Waals surface area contributed by atoms with Crippen molar-refractivity contribution in [3.05, 3.63) is 0 Å². The van der Waals surface area contributed by atoms with Gasteiger partial charge in [0.15, 0.2) is 0 Å². The minimum Gasteiger partial charge on any atom is -0.344 e. The lowest BCUT2D eigenvalue weighted by molar-refractivity contribution is -0.130. The van der Waals surface area contributed by atoms with Crippen LogP contribution in [0.15, 0.2) is 0 Å². The highest BCUT2D eigenvalue weighted by Gasteiger charge is 2.25. The number of carbonyl (C=O) groups is 1. The van der Waals surface area contributed by atoms with Crippen LogP contribution in [-0.4, -0.2) is 55.0 Å². The van der Waals surface area contributed by atoms with Crippen molar-refractivity contribution in [2.24, 2.45) is 5.73 Å². The van der Waals surface area contributed by atoms with E-state index >= 15 is 0 Å². The quantitative estimate of drug-likeness (QED) is 0.725. The number of hydrogen-bond donors (Lipinski definition) is 1. The highest BCUT2D eigenvalue weighted by Crippen LogP contribution is 2.17. The van der Waals surface area contributed by atoms with Crippen molar-refractivity contribution in [1.29, 1.82) is 0 Å². The van der Waals surface area contributed by atoms with Crippen LogP contribution in [0.1, 0.15) is 32.6 Å². The van der Waals surface area contributed by atoms with Gasteiger partial charge in [-0.25, -0.2) is 0 Å². The van der Waals surface area contributed by atoms with Gasteiger partial charge in [0.1, 0.15) is 0 Å². The molecule has 1 atom stereocenters. The van der Waals surface area contributed by atoms with Gasteiger partial charge in [-0.05, 0) is 38.9 Å². The molecule has 1 rings (SSSR count). The first-order chi connectivity index (χ1) is 7.69. The number of hydrogen-bond acceptors (Lipinski definition) is 3. The zero-order valence-corrected chi connectivity index (χ0v) is 10.6. The lowest BCUT2D eigenvalue weighted by atomic mass is 10.2. The van der Waals surface area contributed by atoms with Gasteiger partial charge < -0.3 is 10.6 Å². The average molecular weight is 227 g/mol. The molecule has 1 heterocycles. The Morgan fingerprint density at radius 3 is 2.94 bits per heavy atom. The van der Waals surface area contributed by atoms with Crippen LogP contribution in [-0.2, 0) is 4.79 Å². The van der Waals surface area contributed by atoms with Crippen LogP contribution in [0, 0.1) is 0 Å². The molecule has 94 valence electrons. The van der Waals surface area contributed by atoms with E-state index in [-0.39, 0.29) is 5.91 Å². The predicted molar refractivity (Wildman–Crippen MR) is 66.2 cm³/mol. The summed E-state index contributed by atoms with van der Waals surface area (Å²) in [6.45, 7) is 5.94. The standard InChI is InChI=1S/C12H25N3O/c1-3-15-9-5-6-11(15)10-14(2)12(16)7-4-8-13/h11H,3-10,13H2,1-2H3. The van der Waals surface area contributed by atoms with Crippen molar-refractivity contribution in [2.45, 2.75) is 38.6 Å². The van der Waals surface area contributed by atoms with Gasteiger partial charge >= 0.3 is 0 Å². The first-order valence-corrected chi connectivity index (χ1v) is 6.37. The van der Waals surface area contributed by atoms with Crippen LogP contribution in [0.4, 0.5) is 0 Å². The smallest absolute Gasteiger partial charge is 0.222 e. The van der Waals surface area contributed by atoms with Gasteiger partial charge in [0.25, 0.3) is 0 Å². The van der Waals surface area contributed by atoms with Crippen molar-refractivity contribution in [2.75, 3.05) is 33.2 Å². The molecule has 2 N–H and O–H groups in total. The topological polar surface area (TPSA) is 49.6 Å². The molecule has 1 amide bonds. The predicted octanol–water partition coefficient (Wildman–Crippen LogP) is 0.668. The largest absolute Gasteiger partial charge is 0.344 e. The van der Waals surface area contributed by atoms with E-state index in [1.54, 1.807) is 0 Å². The monoisotopic (exact) mass is 227 g/mol. The Morgan fingerprint density at radius 1 is 1.56 bits per heavy atom. The van der Waals surface area contributed by atoms with Gasteiger partial charge in [0, 0.05) is 26.1 Å². The molecule has 0 saturated carbocycles. The fraction of sp³-hybridized carbons (Fsp3) is 0.917. The van der Waals surface area contributed by atoms with E-state index < -0.39 is 0 Å². The van der Waals surface area contributed by atoms with E-state index in [0.29, 0.717) is 19.0 Å². The van der Waals surface area contributed by atoms with E-state index in [9.17, 15) is 4.79 Å². The third-order valence-corrected chi connectivity index (χ3v) is 3.41. The lowest BCUT2D eigenvalue weighted by Gasteiger charge is -2.27. The summed E-state index contributed by atoms with van der Waals surface area (Å²) >= 11 is 0. The lowest BCUT2D eigenvalue weighted by Crippen LogP contribution is -2.41. The molecular weight excluding hydrogens is 202 g/mol. The van der Waals surface area contributed by atoms with Gasteiger partial charge in [-0.1, -0.05) is 6.92 Å². The zero-order chi connectivity index (χ0) is 12.0. The van der Waals surface area contributed by atoms with E-state index in [2.05, 4.69) is 11.8 Å². The van der Waals surface area contributed by atoms with Crippen molar-refractivity contribution in [3.8, 4) is 0 Å². The third-order valence-electron chi connectivity index (χ3n) is 3.41. The zero-order valence-electron chi connectivity index (χ0n) is 10.6. The molecule has 4 heteroatoms. The Balaban J connectivity index is 2.32. The molecule has 1 saturated heterocycles. The van der Waals surface area contributed by atoms with Gasteiger partial charge in [0.2, 0.25) is 5.91 Å². The molecule has 0 aromatic carbocycles. The second-order valence-electron chi connectivity index (χ2n) is 4.59. The maximum Gasteiger partial charge on any atom is 0.222 e. The average Bonchev–Trinajstić information content (AvgIpc) is 2.72. The summed E-state index contributed by atoms with van der Waals surface area (Å²) in [6, 6.07) is 0.567. The molecule has 4 nitrogen and oxygen atoms in total. The van der Waals surface area contributed by atoms with Crippen LogP contribution in [0.3, 0.4) is 0 Å². The summed E-state index contributed by atoms with van der Waals surface area (Å²) in [5, 5.41) is 0. The van der Waals surface area contributed by atoms with Crippen molar-refractivity contribution in [3.63, 3.8) is 0 Å². The van der Waals surface area contributed by atoms with Crippen molar-refractivity contribution >= 4 is 5.91 Å². The van der Waals surface area contributed by atoms with Crippen LogP contribution in [0.5, 0.6) is 0 Å². The molecule has 0 aromatic heterocycles. The molecule has 16 heavy (non-hydrogen) atoms. The Hall–Kier alpha value is -0.610. The molecule has 0 bridgehead atoms. The van der Waals surface area contributed by atoms with Gasteiger partial charge in [-0.2, -0.15) is 0 Å². The Kier molecular flexibility index (Phi) is 5.77. The number of rotatable bonds is 6. The summed E-state index contributed by atoms with van der Waals surface area (Å²) < 4.78 is 0. The molecular formula is C12H25N3O.